The Kier molecular flexibility index (Phi) is 3.78. The van der Waals surface area contributed by atoms with E-state index in [1.807, 2.05) is 54.7 Å². The van der Waals surface area contributed by atoms with E-state index in [9.17, 15) is 4.79 Å². The quantitative estimate of drug-likeness (QED) is 0.519. The van der Waals surface area contributed by atoms with E-state index in [0.29, 0.717) is 12.1 Å². The summed E-state index contributed by atoms with van der Waals surface area (Å²) in [4.78, 5) is 16.2. The molecule has 0 aliphatic heterocycles. The van der Waals surface area contributed by atoms with Crippen LogP contribution < -0.4 is 5.32 Å². The molecule has 3 N–H and O–H groups in total. The maximum atomic E-state index is 12.6. The monoisotopic (exact) mass is 356 g/mol. The molecule has 1 aliphatic carbocycles. The molecule has 2 heterocycles. The van der Waals surface area contributed by atoms with Gasteiger partial charge < -0.3 is 10.3 Å². The highest BCUT2D eigenvalue weighted by Gasteiger charge is 2.21. The fraction of sp³-hybridized carbons (Fsp3) is 0.182. The van der Waals surface area contributed by atoms with Gasteiger partial charge in [0.05, 0.1) is 17.6 Å². The molecule has 1 aliphatic rings. The molecule has 0 saturated carbocycles. The summed E-state index contributed by atoms with van der Waals surface area (Å²) in [7, 11) is 0. The van der Waals surface area contributed by atoms with Gasteiger partial charge in [0.2, 0.25) is 0 Å². The minimum atomic E-state index is -0.0495. The standard InChI is InChI=1S/C22H20N4O/c27-22(23-12-14-5-2-1-3-6-14)15-9-10-19-18(11-15)17-8-4-7-16-13-24-26-20(16)21(17)25-19/h1-3,5-6,9-11,13,25H,4,7-8,12H2,(H,23,27)(H,24,26). The molecule has 5 nitrogen and oxygen atoms in total. The van der Waals surface area contributed by atoms with Crippen LogP contribution in [0.4, 0.5) is 0 Å². The van der Waals surface area contributed by atoms with Gasteiger partial charge in [0, 0.05) is 23.0 Å². The van der Waals surface area contributed by atoms with Gasteiger partial charge in [-0.2, -0.15) is 5.10 Å². The molecule has 0 bridgehead atoms. The Morgan fingerprint density at radius 1 is 1.07 bits per heavy atom. The van der Waals surface area contributed by atoms with Crippen LogP contribution in [-0.4, -0.2) is 21.1 Å². The first kappa shape index (κ1) is 15.9. The van der Waals surface area contributed by atoms with Crippen molar-refractivity contribution in [3.63, 3.8) is 0 Å². The van der Waals surface area contributed by atoms with Crippen LogP contribution >= 0.6 is 0 Å². The van der Waals surface area contributed by atoms with Crippen molar-refractivity contribution >= 4 is 16.8 Å². The first-order valence-corrected chi connectivity index (χ1v) is 9.29. The topological polar surface area (TPSA) is 73.6 Å². The second kappa shape index (κ2) is 6.43. The van der Waals surface area contributed by atoms with Gasteiger partial charge in [-0.15, -0.1) is 0 Å². The predicted molar refractivity (Wildman–Crippen MR) is 106 cm³/mol. The lowest BCUT2D eigenvalue weighted by molar-refractivity contribution is 0.0951. The molecule has 5 heteroatoms. The summed E-state index contributed by atoms with van der Waals surface area (Å²) in [6.07, 6.45) is 5.01. The fourth-order valence-electron chi connectivity index (χ4n) is 3.91. The van der Waals surface area contributed by atoms with Crippen LogP contribution in [0.15, 0.2) is 54.7 Å². The summed E-state index contributed by atoms with van der Waals surface area (Å²) in [5.41, 5.74) is 7.54. The number of benzene rings is 2. The number of amides is 1. The lowest BCUT2D eigenvalue weighted by Gasteiger charge is -2.06. The van der Waals surface area contributed by atoms with Gasteiger partial charge in [0.1, 0.15) is 0 Å². The van der Waals surface area contributed by atoms with E-state index in [1.54, 1.807) is 0 Å². The number of hydrogen-bond acceptors (Lipinski definition) is 2. The summed E-state index contributed by atoms with van der Waals surface area (Å²) in [6, 6.07) is 15.8. The third-order valence-electron chi connectivity index (χ3n) is 5.30. The highest BCUT2D eigenvalue weighted by atomic mass is 16.1. The molecule has 0 radical (unpaired) electrons. The van der Waals surface area contributed by atoms with Crippen molar-refractivity contribution in [2.45, 2.75) is 25.8 Å². The SMILES string of the molecule is O=C(NCc1ccccc1)c1ccc2[nH]c3c(c2c1)CCCc1cn[nH]c1-3. The first-order valence-electron chi connectivity index (χ1n) is 9.29. The van der Waals surface area contributed by atoms with Crippen molar-refractivity contribution in [3.8, 4) is 11.4 Å². The molecular formula is C22H20N4O. The lowest BCUT2D eigenvalue weighted by atomic mass is 10.0. The molecule has 27 heavy (non-hydrogen) atoms. The van der Waals surface area contributed by atoms with Gasteiger partial charge in [0.15, 0.2) is 0 Å². The lowest BCUT2D eigenvalue weighted by Crippen LogP contribution is -2.22. The average molecular weight is 356 g/mol. The van der Waals surface area contributed by atoms with Gasteiger partial charge in [-0.1, -0.05) is 30.3 Å². The number of nitrogens with zero attached hydrogens (tertiary/aromatic N) is 1. The molecular weight excluding hydrogens is 336 g/mol. The minimum Gasteiger partial charge on any atom is -0.353 e. The molecule has 5 rings (SSSR count). The molecule has 4 aromatic rings. The van der Waals surface area contributed by atoms with Crippen molar-refractivity contribution in [1.82, 2.24) is 20.5 Å². The van der Waals surface area contributed by atoms with Gasteiger partial charge in [-0.25, -0.2) is 0 Å². The van der Waals surface area contributed by atoms with E-state index < -0.39 is 0 Å². The normalized spacial score (nSPS) is 13.0. The molecule has 0 fully saturated rings. The number of aromatic amines is 2. The summed E-state index contributed by atoms with van der Waals surface area (Å²) in [5.74, 6) is -0.0495. The van der Waals surface area contributed by atoms with Crippen LogP contribution in [0.1, 0.15) is 33.5 Å². The third-order valence-corrected chi connectivity index (χ3v) is 5.30. The molecule has 0 spiro atoms. The van der Waals surface area contributed by atoms with E-state index in [2.05, 4.69) is 20.5 Å². The molecule has 2 aromatic heterocycles. The molecule has 0 unspecified atom stereocenters. The van der Waals surface area contributed by atoms with Crippen molar-refractivity contribution in [3.05, 3.63) is 77.0 Å². The van der Waals surface area contributed by atoms with E-state index in [0.717, 1.165) is 47.1 Å². The smallest absolute Gasteiger partial charge is 0.251 e. The van der Waals surface area contributed by atoms with Crippen LogP contribution in [-0.2, 0) is 19.4 Å². The van der Waals surface area contributed by atoms with Crippen molar-refractivity contribution in [1.29, 1.82) is 0 Å². The number of carbonyl (C=O) groups excluding carboxylic acids is 1. The predicted octanol–water partition coefficient (Wildman–Crippen LogP) is 3.98. The second-order valence-electron chi connectivity index (χ2n) is 7.03. The molecule has 0 saturated heterocycles. The Morgan fingerprint density at radius 2 is 1.96 bits per heavy atom. The number of carbonyl (C=O) groups is 1. The van der Waals surface area contributed by atoms with Gasteiger partial charge in [-0.05, 0) is 54.2 Å². The van der Waals surface area contributed by atoms with Gasteiger partial charge in [0.25, 0.3) is 5.91 Å². The Hall–Kier alpha value is -3.34. The number of nitrogens with one attached hydrogen (secondary N) is 3. The van der Waals surface area contributed by atoms with Crippen LogP contribution in [0.25, 0.3) is 22.3 Å². The maximum absolute atomic E-state index is 12.6. The minimum absolute atomic E-state index is 0.0495. The number of rotatable bonds is 3. The van der Waals surface area contributed by atoms with Crippen molar-refractivity contribution < 1.29 is 4.79 Å². The first-order chi connectivity index (χ1) is 13.3. The Labute approximate surface area is 156 Å². The molecule has 1 amide bonds. The zero-order valence-electron chi connectivity index (χ0n) is 14.9. The number of hydrogen-bond donors (Lipinski definition) is 3. The molecule has 2 aromatic carbocycles. The fourth-order valence-corrected chi connectivity index (χ4v) is 3.91. The Balaban J connectivity index is 1.47. The number of aromatic nitrogens is 3. The van der Waals surface area contributed by atoms with Gasteiger partial charge in [-0.3, -0.25) is 9.89 Å². The van der Waals surface area contributed by atoms with Crippen LogP contribution in [0.3, 0.4) is 0 Å². The molecule has 134 valence electrons. The van der Waals surface area contributed by atoms with E-state index >= 15 is 0 Å². The highest BCUT2D eigenvalue weighted by molar-refractivity contribution is 6.00. The summed E-state index contributed by atoms with van der Waals surface area (Å²) in [6.45, 7) is 0.528. The number of aryl methyl sites for hydroxylation is 2. The number of fused-ring (bicyclic) bond motifs is 5. The van der Waals surface area contributed by atoms with Gasteiger partial charge >= 0.3 is 0 Å². The van der Waals surface area contributed by atoms with Crippen LogP contribution in [0.2, 0.25) is 0 Å². The summed E-state index contributed by atoms with van der Waals surface area (Å²) >= 11 is 0. The third kappa shape index (κ3) is 2.81. The van der Waals surface area contributed by atoms with Crippen molar-refractivity contribution in [2.24, 2.45) is 0 Å². The maximum Gasteiger partial charge on any atom is 0.251 e. The second-order valence-corrected chi connectivity index (χ2v) is 7.03. The highest BCUT2D eigenvalue weighted by Crippen LogP contribution is 2.35. The largest absolute Gasteiger partial charge is 0.353 e. The van der Waals surface area contributed by atoms with Crippen LogP contribution in [0, 0.1) is 0 Å². The zero-order chi connectivity index (χ0) is 18.2. The zero-order valence-corrected chi connectivity index (χ0v) is 14.9. The summed E-state index contributed by atoms with van der Waals surface area (Å²) in [5, 5.41) is 11.5. The van der Waals surface area contributed by atoms with E-state index in [4.69, 9.17) is 0 Å². The average Bonchev–Trinajstić information content (AvgIpc) is 3.27. The van der Waals surface area contributed by atoms with E-state index in [1.165, 1.54) is 11.1 Å². The van der Waals surface area contributed by atoms with Crippen molar-refractivity contribution in [2.75, 3.05) is 0 Å². The Morgan fingerprint density at radius 3 is 2.85 bits per heavy atom. The van der Waals surface area contributed by atoms with Crippen LogP contribution in [0.5, 0.6) is 0 Å². The number of H-pyrrole nitrogens is 2. The van der Waals surface area contributed by atoms with E-state index in [-0.39, 0.29) is 5.91 Å². The Bertz CT molecular complexity index is 1120. The summed E-state index contributed by atoms with van der Waals surface area (Å²) < 4.78 is 0. The molecule has 0 atom stereocenters.